The van der Waals surface area contributed by atoms with E-state index in [-0.39, 0.29) is 12.6 Å². The normalized spacial score (nSPS) is 12.8. The largest absolute Gasteiger partial charge is 0.490 e. The number of ether oxygens (including phenoxy) is 1. The van der Waals surface area contributed by atoms with Gasteiger partial charge < -0.3 is 15.2 Å². The Bertz CT molecular complexity index is 569. The quantitative estimate of drug-likeness (QED) is 0.848. The summed E-state index contributed by atoms with van der Waals surface area (Å²) >= 11 is 0. The predicted octanol–water partition coefficient (Wildman–Crippen LogP) is 2.28. The lowest BCUT2D eigenvalue weighted by Crippen LogP contribution is -2.41. The number of aryl methyl sites for hydroxylation is 1. The molecule has 2 rings (SSSR count). The fraction of sp³-hybridized carbons (Fsp3) is 0.438. The zero-order valence-corrected chi connectivity index (χ0v) is 12.3. The second-order valence-electron chi connectivity index (χ2n) is 5.29. The summed E-state index contributed by atoms with van der Waals surface area (Å²) in [5, 5.41) is 13.7. The Hall–Kier alpha value is -1.65. The monoisotopic (exact) mass is 274 g/mol. The zero-order chi connectivity index (χ0) is 14.5. The number of rotatable bonds is 6. The Morgan fingerprint density at radius 3 is 2.75 bits per heavy atom. The van der Waals surface area contributed by atoms with E-state index in [1.165, 1.54) is 0 Å². The second-order valence-corrected chi connectivity index (χ2v) is 5.29. The van der Waals surface area contributed by atoms with Gasteiger partial charge in [-0.25, -0.2) is 4.98 Å². The molecule has 0 spiro atoms. The first-order valence-corrected chi connectivity index (χ1v) is 6.96. The van der Waals surface area contributed by atoms with Gasteiger partial charge in [0.25, 0.3) is 0 Å². The van der Waals surface area contributed by atoms with Crippen LogP contribution >= 0.6 is 0 Å². The SMILES string of the molecule is Cc1ccc2cccc(OCC(CO)NC(C)C)c2n1. The maximum Gasteiger partial charge on any atom is 0.145 e. The van der Waals surface area contributed by atoms with Gasteiger partial charge >= 0.3 is 0 Å². The number of hydrogen-bond donors (Lipinski definition) is 2. The molecule has 0 bridgehead atoms. The van der Waals surface area contributed by atoms with E-state index in [9.17, 15) is 5.11 Å². The van der Waals surface area contributed by atoms with Gasteiger partial charge in [-0.2, -0.15) is 0 Å². The van der Waals surface area contributed by atoms with Crippen molar-refractivity contribution in [2.45, 2.75) is 32.9 Å². The van der Waals surface area contributed by atoms with Gasteiger partial charge in [-0.15, -0.1) is 0 Å². The number of nitrogens with zero attached hydrogens (tertiary/aromatic N) is 1. The van der Waals surface area contributed by atoms with Crippen molar-refractivity contribution >= 4 is 10.9 Å². The molecule has 0 aliphatic heterocycles. The van der Waals surface area contributed by atoms with Crippen LogP contribution in [-0.4, -0.2) is 35.4 Å². The van der Waals surface area contributed by atoms with E-state index >= 15 is 0 Å². The van der Waals surface area contributed by atoms with Crippen LogP contribution in [0.5, 0.6) is 5.75 Å². The average Bonchev–Trinajstić information content (AvgIpc) is 2.43. The van der Waals surface area contributed by atoms with Crippen LogP contribution in [0.4, 0.5) is 0 Å². The lowest BCUT2D eigenvalue weighted by Gasteiger charge is -2.19. The molecular weight excluding hydrogens is 252 g/mol. The lowest BCUT2D eigenvalue weighted by molar-refractivity contribution is 0.178. The smallest absolute Gasteiger partial charge is 0.145 e. The molecule has 0 radical (unpaired) electrons. The topological polar surface area (TPSA) is 54.4 Å². The van der Waals surface area contributed by atoms with Crippen molar-refractivity contribution in [2.75, 3.05) is 13.2 Å². The molecule has 1 aromatic carbocycles. The maximum atomic E-state index is 9.35. The number of aliphatic hydroxyl groups is 1. The lowest BCUT2D eigenvalue weighted by atomic mass is 10.2. The van der Waals surface area contributed by atoms with Gasteiger partial charge in [-0.1, -0.05) is 32.0 Å². The van der Waals surface area contributed by atoms with E-state index in [4.69, 9.17) is 4.74 Å². The molecule has 0 fully saturated rings. The van der Waals surface area contributed by atoms with E-state index in [0.717, 1.165) is 22.3 Å². The van der Waals surface area contributed by atoms with Gasteiger partial charge in [-0.3, -0.25) is 0 Å². The molecule has 4 nitrogen and oxygen atoms in total. The molecule has 1 heterocycles. The van der Waals surface area contributed by atoms with Gasteiger partial charge in [0.1, 0.15) is 17.9 Å². The number of para-hydroxylation sites is 1. The van der Waals surface area contributed by atoms with E-state index in [1.807, 2.05) is 51.1 Å². The first kappa shape index (κ1) is 14.8. The highest BCUT2D eigenvalue weighted by Gasteiger charge is 2.11. The summed E-state index contributed by atoms with van der Waals surface area (Å²) in [5.41, 5.74) is 1.83. The number of aliphatic hydroxyl groups excluding tert-OH is 1. The Morgan fingerprint density at radius 2 is 2.05 bits per heavy atom. The Kier molecular flexibility index (Phi) is 4.93. The average molecular weight is 274 g/mol. The second kappa shape index (κ2) is 6.68. The van der Waals surface area contributed by atoms with Gasteiger partial charge in [-0.05, 0) is 19.1 Å². The van der Waals surface area contributed by atoms with Crippen molar-refractivity contribution in [1.82, 2.24) is 10.3 Å². The molecule has 1 atom stereocenters. The number of fused-ring (bicyclic) bond motifs is 1. The van der Waals surface area contributed by atoms with Crippen molar-refractivity contribution in [3.63, 3.8) is 0 Å². The third kappa shape index (κ3) is 3.68. The highest BCUT2D eigenvalue weighted by molar-refractivity contribution is 5.84. The van der Waals surface area contributed by atoms with Crippen LogP contribution in [0, 0.1) is 6.92 Å². The number of aromatic nitrogens is 1. The molecule has 108 valence electrons. The van der Waals surface area contributed by atoms with E-state index in [2.05, 4.69) is 10.3 Å². The van der Waals surface area contributed by atoms with Crippen molar-refractivity contribution in [3.05, 3.63) is 36.0 Å². The molecule has 2 aromatic rings. The molecule has 20 heavy (non-hydrogen) atoms. The van der Waals surface area contributed by atoms with Crippen molar-refractivity contribution in [1.29, 1.82) is 0 Å². The minimum absolute atomic E-state index is 0.0510. The fourth-order valence-corrected chi connectivity index (χ4v) is 2.15. The number of hydrogen-bond acceptors (Lipinski definition) is 4. The van der Waals surface area contributed by atoms with Crippen LogP contribution in [0.25, 0.3) is 10.9 Å². The van der Waals surface area contributed by atoms with Crippen molar-refractivity contribution < 1.29 is 9.84 Å². The highest BCUT2D eigenvalue weighted by atomic mass is 16.5. The van der Waals surface area contributed by atoms with Gasteiger partial charge in [0.2, 0.25) is 0 Å². The standard InChI is InChI=1S/C16H22N2O2/c1-11(2)17-14(9-19)10-20-15-6-4-5-13-8-7-12(3)18-16(13)15/h4-8,11,14,17,19H,9-10H2,1-3H3. The molecule has 0 saturated carbocycles. The van der Waals surface area contributed by atoms with Gasteiger partial charge in [0.05, 0.1) is 12.6 Å². The molecule has 0 aliphatic carbocycles. The molecule has 1 aromatic heterocycles. The Labute approximate surface area is 119 Å². The summed E-state index contributed by atoms with van der Waals surface area (Å²) in [6, 6.07) is 10.2. The van der Waals surface area contributed by atoms with Crippen molar-refractivity contribution in [3.8, 4) is 5.75 Å². The van der Waals surface area contributed by atoms with E-state index < -0.39 is 0 Å². The van der Waals surface area contributed by atoms with Gasteiger partial charge in [0, 0.05) is 17.1 Å². The third-order valence-electron chi connectivity index (χ3n) is 3.05. The van der Waals surface area contributed by atoms with E-state index in [1.54, 1.807) is 0 Å². The molecule has 1 unspecified atom stereocenters. The summed E-state index contributed by atoms with van der Waals surface area (Å²) in [6.45, 7) is 6.53. The molecule has 0 saturated heterocycles. The molecule has 4 heteroatoms. The van der Waals surface area contributed by atoms with Crippen LogP contribution in [0.2, 0.25) is 0 Å². The minimum Gasteiger partial charge on any atom is -0.490 e. The van der Waals surface area contributed by atoms with E-state index in [0.29, 0.717) is 12.6 Å². The summed E-state index contributed by atoms with van der Waals surface area (Å²) in [4.78, 5) is 4.53. The highest BCUT2D eigenvalue weighted by Crippen LogP contribution is 2.23. The maximum absolute atomic E-state index is 9.35. The zero-order valence-electron chi connectivity index (χ0n) is 12.3. The Balaban J connectivity index is 2.15. The van der Waals surface area contributed by atoms with Crippen LogP contribution in [0.15, 0.2) is 30.3 Å². The van der Waals surface area contributed by atoms with Crippen LogP contribution in [0.3, 0.4) is 0 Å². The molecule has 0 amide bonds. The third-order valence-corrected chi connectivity index (χ3v) is 3.05. The van der Waals surface area contributed by atoms with Crippen molar-refractivity contribution in [2.24, 2.45) is 0 Å². The number of benzene rings is 1. The van der Waals surface area contributed by atoms with Crippen LogP contribution < -0.4 is 10.1 Å². The first-order chi connectivity index (χ1) is 9.60. The Morgan fingerprint density at radius 1 is 1.25 bits per heavy atom. The van der Waals surface area contributed by atoms with Crippen LogP contribution in [0.1, 0.15) is 19.5 Å². The summed E-state index contributed by atoms with van der Waals surface area (Å²) < 4.78 is 5.84. The van der Waals surface area contributed by atoms with Gasteiger partial charge in [0.15, 0.2) is 0 Å². The fourth-order valence-electron chi connectivity index (χ4n) is 2.15. The number of pyridine rings is 1. The molecular formula is C16H22N2O2. The summed E-state index contributed by atoms with van der Waals surface area (Å²) in [7, 11) is 0. The molecule has 2 N–H and O–H groups in total. The minimum atomic E-state index is -0.0740. The first-order valence-electron chi connectivity index (χ1n) is 6.96. The molecule has 0 aliphatic rings. The van der Waals surface area contributed by atoms with Crippen LogP contribution in [-0.2, 0) is 0 Å². The number of nitrogens with one attached hydrogen (secondary N) is 1. The summed E-state index contributed by atoms with van der Waals surface area (Å²) in [5.74, 6) is 0.759. The predicted molar refractivity (Wildman–Crippen MR) is 81.1 cm³/mol. The summed E-state index contributed by atoms with van der Waals surface area (Å²) in [6.07, 6.45) is 0.